The highest BCUT2D eigenvalue weighted by molar-refractivity contribution is 6.51. The Labute approximate surface area is 183 Å². The molecule has 0 aromatic heterocycles. The molecule has 32 heavy (non-hydrogen) atoms. The van der Waals surface area contributed by atoms with E-state index in [2.05, 4.69) is 0 Å². The molecule has 0 radical (unpaired) electrons. The zero-order valence-electron chi connectivity index (χ0n) is 17.0. The Morgan fingerprint density at radius 2 is 1.72 bits per heavy atom. The zero-order valence-corrected chi connectivity index (χ0v) is 17.0. The van der Waals surface area contributed by atoms with E-state index >= 15 is 0 Å². The Hall–Kier alpha value is -4.46. The maximum atomic E-state index is 13.1. The Bertz CT molecular complexity index is 1250. The molecule has 1 amide bonds. The average molecular weight is 430 g/mol. The van der Waals surface area contributed by atoms with Gasteiger partial charge >= 0.3 is 0 Å². The smallest absolute Gasteiger partial charge is 0.300 e. The summed E-state index contributed by atoms with van der Waals surface area (Å²) in [5, 5.41) is 22.4. The van der Waals surface area contributed by atoms with Crippen LogP contribution in [0.4, 0.5) is 11.4 Å². The molecule has 0 bridgehead atoms. The topological polar surface area (TPSA) is 110 Å². The maximum absolute atomic E-state index is 13.1. The summed E-state index contributed by atoms with van der Waals surface area (Å²) in [6.45, 7) is 0. The molecular weight excluding hydrogens is 412 g/mol. The van der Waals surface area contributed by atoms with Crippen molar-refractivity contribution in [3.8, 4) is 5.75 Å². The van der Waals surface area contributed by atoms with Gasteiger partial charge in [-0.05, 0) is 17.7 Å². The number of anilines is 1. The Morgan fingerprint density at radius 3 is 2.41 bits per heavy atom. The second kappa shape index (κ2) is 8.35. The van der Waals surface area contributed by atoms with Crippen molar-refractivity contribution >= 4 is 28.8 Å². The van der Waals surface area contributed by atoms with Crippen LogP contribution in [0.5, 0.6) is 5.75 Å². The molecular formula is C24H18N2O6. The largest absolute Gasteiger partial charge is 0.507 e. The molecule has 8 nitrogen and oxygen atoms in total. The van der Waals surface area contributed by atoms with Gasteiger partial charge in [-0.15, -0.1) is 0 Å². The van der Waals surface area contributed by atoms with E-state index in [1.807, 2.05) is 0 Å². The summed E-state index contributed by atoms with van der Waals surface area (Å²) in [6, 6.07) is 19.5. The molecule has 0 saturated carbocycles. The Morgan fingerprint density at radius 1 is 1.00 bits per heavy atom. The summed E-state index contributed by atoms with van der Waals surface area (Å²) in [5.41, 5.74) is 0.684. The molecule has 1 saturated heterocycles. The molecule has 1 aliphatic rings. The number of hydrogen-bond donors (Lipinski definition) is 1. The summed E-state index contributed by atoms with van der Waals surface area (Å²) in [7, 11) is 1.47. The summed E-state index contributed by atoms with van der Waals surface area (Å²) >= 11 is 0. The standard InChI is InChI=1S/C24H18N2O6/c1-32-19-12-6-10-17(14-19)25-21(16-9-5-11-18(13-16)26(30)31)20(23(28)24(25)29)22(27)15-7-3-2-4-8-15/h2-14,21,27H,1H3/b22-20+/t21-/m0/s1. The number of non-ortho nitro benzene ring substituents is 1. The summed E-state index contributed by atoms with van der Waals surface area (Å²) in [6.07, 6.45) is 0. The van der Waals surface area contributed by atoms with Crippen molar-refractivity contribution < 1.29 is 24.4 Å². The van der Waals surface area contributed by atoms with Crippen LogP contribution in [-0.2, 0) is 9.59 Å². The minimum absolute atomic E-state index is 0.149. The third kappa shape index (κ3) is 3.58. The van der Waals surface area contributed by atoms with Crippen molar-refractivity contribution in [2.24, 2.45) is 0 Å². The second-order valence-corrected chi connectivity index (χ2v) is 7.09. The SMILES string of the molecule is COc1cccc(N2C(=O)C(=O)/C(=C(/O)c3ccccc3)[C@@H]2c2cccc([N+](=O)[O-])c2)c1. The van der Waals surface area contributed by atoms with Gasteiger partial charge < -0.3 is 9.84 Å². The van der Waals surface area contributed by atoms with E-state index in [0.717, 1.165) is 0 Å². The molecule has 8 heteroatoms. The van der Waals surface area contributed by atoms with Gasteiger partial charge in [0.25, 0.3) is 17.4 Å². The van der Waals surface area contributed by atoms with Crippen LogP contribution < -0.4 is 9.64 Å². The fraction of sp³-hybridized carbons (Fsp3) is 0.0833. The van der Waals surface area contributed by atoms with E-state index in [1.165, 1.54) is 30.2 Å². The molecule has 1 N–H and O–H groups in total. The van der Waals surface area contributed by atoms with Crippen molar-refractivity contribution in [3.63, 3.8) is 0 Å². The monoisotopic (exact) mass is 430 g/mol. The number of benzene rings is 3. The first kappa shape index (κ1) is 20.8. The van der Waals surface area contributed by atoms with Gasteiger partial charge in [-0.2, -0.15) is 0 Å². The number of ketones is 1. The van der Waals surface area contributed by atoms with Gasteiger partial charge in [0.15, 0.2) is 0 Å². The molecule has 1 aliphatic heterocycles. The first-order valence-electron chi connectivity index (χ1n) is 9.67. The third-order valence-corrected chi connectivity index (χ3v) is 5.22. The number of carbonyl (C=O) groups is 2. The van der Waals surface area contributed by atoms with E-state index in [1.54, 1.807) is 60.7 Å². The van der Waals surface area contributed by atoms with Crippen molar-refractivity contribution in [3.05, 3.63) is 106 Å². The lowest BCUT2D eigenvalue weighted by Crippen LogP contribution is -2.29. The predicted molar refractivity (Wildman–Crippen MR) is 117 cm³/mol. The fourth-order valence-electron chi connectivity index (χ4n) is 3.73. The quantitative estimate of drug-likeness (QED) is 0.213. The second-order valence-electron chi connectivity index (χ2n) is 7.09. The molecule has 3 aromatic rings. The highest BCUT2D eigenvalue weighted by atomic mass is 16.6. The normalized spacial score (nSPS) is 17.4. The molecule has 160 valence electrons. The molecule has 1 atom stereocenters. The molecule has 0 spiro atoms. The number of methoxy groups -OCH3 is 1. The number of ether oxygens (including phenoxy) is 1. The maximum Gasteiger partial charge on any atom is 0.300 e. The zero-order chi connectivity index (χ0) is 22.8. The lowest BCUT2D eigenvalue weighted by atomic mass is 9.95. The minimum Gasteiger partial charge on any atom is -0.507 e. The van der Waals surface area contributed by atoms with E-state index in [9.17, 15) is 24.8 Å². The van der Waals surface area contributed by atoms with Crippen LogP contribution >= 0.6 is 0 Å². The van der Waals surface area contributed by atoms with E-state index in [0.29, 0.717) is 22.6 Å². The molecule has 1 heterocycles. The van der Waals surface area contributed by atoms with E-state index in [-0.39, 0.29) is 17.0 Å². The highest BCUT2D eigenvalue weighted by Crippen LogP contribution is 2.43. The number of carbonyl (C=O) groups excluding carboxylic acids is 2. The van der Waals surface area contributed by atoms with Crippen LogP contribution in [0.2, 0.25) is 0 Å². The number of rotatable bonds is 5. The van der Waals surface area contributed by atoms with E-state index in [4.69, 9.17) is 4.74 Å². The number of aliphatic hydroxyl groups is 1. The number of amides is 1. The van der Waals surface area contributed by atoms with E-state index < -0.39 is 22.7 Å². The van der Waals surface area contributed by atoms with Gasteiger partial charge in [-0.3, -0.25) is 24.6 Å². The Kier molecular flexibility index (Phi) is 5.43. The summed E-state index contributed by atoms with van der Waals surface area (Å²) < 4.78 is 5.24. The first-order valence-corrected chi connectivity index (χ1v) is 9.67. The molecule has 0 unspecified atom stereocenters. The fourth-order valence-corrected chi connectivity index (χ4v) is 3.73. The minimum atomic E-state index is -1.07. The summed E-state index contributed by atoms with van der Waals surface area (Å²) in [5.74, 6) is -1.63. The van der Waals surface area contributed by atoms with Crippen molar-refractivity contribution in [2.45, 2.75) is 6.04 Å². The van der Waals surface area contributed by atoms with Crippen LogP contribution in [0.15, 0.2) is 84.4 Å². The predicted octanol–water partition coefficient (Wildman–Crippen LogP) is 4.23. The lowest BCUT2D eigenvalue weighted by Gasteiger charge is -2.25. The lowest BCUT2D eigenvalue weighted by molar-refractivity contribution is -0.384. The van der Waals surface area contributed by atoms with Gasteiger partial charge in [0, 0.05) is 29.4 Å². The molecule has 4 rings (SSSR count). The van der Waals surface area contributed by atoms with Crippen molar-refractivity contribution in [2.75, 3.05) is 12.0 Å². The Balaban J connectivity index is 1.97. The third-order valence-electron chi connectivity index (χ3n) is 5.22. The number of hydrogen-bond acceptors (Lipinski definition) is 6. The van der Waals surface area contributed by atoms with Gasteiger partial charge in [-0.25, -0.2) is 0 Å². The van der Waals surface area contributed by atoms with Crippen molar-refractivity contribution in [1.29, 1.82) is 0 Å². The van der Waals surface area contributed by atoms with Gasteiger partial charge in [0.05, 0.1) is 23.6 Å². The van der Waals surface area contributed by atoms with Gasteiger partial charge in [0.2, 0.25) is 0 Å². The number of nitrogens with zero attached hydrogens (tertiary/aromatic N) is 2. The van der Waals surface area contributed by atoms with Crippen LogP contribution in [0.1, 0.15) is 17.2 Å². The molecule has 3 aromatic carbocycles. The van der Waals surface area contributed by atoms with Crippen LogP contribution in [0, 0.1) is 10.1 Å². The van der Waals surface area contributed by atoms with Gasteiger partial charge in [-0.1, -0.05) is 48.5 Å². The summed E-state index contributed by atoms with van der Waals surface area (Å²) in [4.78, 5) is 38.2. The highest BCUT2D eigenvalue weighted by Gasteiger charge is 2.47. The van der Waals surface area contributed by atoms with Crippen LogP contribution in [-0.4, -0.2) is 28.8 Å². The van der Waals surface area contributed by atoms with Crippen LogP contribution in [0.3, 0.4) is 0 Å². The van der Waals surface area contributed by atoms with Gasteiger partial charge in [0.1, 0.15) is 11.5 Å². The number of aliphatic hydroxyl groups excluding tert-OH is 1. The average Bonchev–Trinajstić information content (AvgIpc) is 3.09. The number of Topliss-reactive ketones (excluding diaryl/α,β-unsaturated/α-hetero) is 1. The molecule has 0 aliphatic carbocycles. The van der Waals surface area contributed by atoms with Crippen LogP contribution in [0.25, 0.3) is 5.76 Å². The molecule has 1 fully saturated rings. The first-order chi connectivity index (χ1) is 15.4. The number of nitro groups is 1. The van der Waals surface area contributed by atoms with Crippen molar-refractivity contribution in [1.82, 2.24) is 0 Å². The number of nitro benzene ring substituents is 1.